The van der Waals surface area contributed by atoms with E-state index in [1.165, 1.54) is 18.0 Å². The summed E-state index contributed by atoms with van der Waals surface area (Å²) < 4.78 is 17.7. The molecule has 1 aliphatic heterocycles. The lowest BCUT2D eigenvalue weighted by Gasteiger charge is -2.21. The number of ether oxygens (including phenoxy) is 3. The Morgan fingerprint density at radius 2 is 2.29 bits per heavy atom. The number of fused-ring (bicyclic) bond motifs is 1. The van der Waals surface area contributed by atoms with Crippen molar-refractivity contribution in [3.63, 3.8) is 0 Å². The molecule has 132 valence electrons. The maximum atomic E-state index is 11.9. The van der Waals surface area contributed by atoms with Gasteiger partial charge < -0.3 is 30.2 Å². The first-order valence-corrected chi connectivity index (χ1v) is 7.34. The summed E-state index contributed by atoms with van der Waals surface area (Å²) in [6, 6.07) is 0. The molecule has 0 saturated carbocycles. The molecular formula is C13H19N5O6. The van der Waals surface area contributed by atoms with Gasteiger partial charge in [0.05, 0.1) is 26.1 Å². The molecule has 0 bridgehead atoms. The molecule has 1 aliphatic rings. The lowest BCUT2D eigenvalue weighted by atomic mass is 10.1. The second kappa shape index (κ2) is 6.83. The van der Waals surface area contributed by atoms with Crippen molar-refractivity contribution in [1.82, 2.24) is 19.5 Å². The van der Waals surface area contributed by atoms with Gasteiger partial charge in [-0.2, -0.15) is 4.98 Å². The molecule has 11 heteroatoms. The fraction of sp³-hybridized carbons (Fsp3) is 0.615. The first-order chi connectivity index (χ1) is 11.6. The first-order valence-electron chi connectivity index (χ1n) is 7.34. The van der Waals surface area contributed by atoms with Crippen LogP contribution in [0, 0.1) is 0 Å². The number of hydrogen-bond donors (Lipinski definition) is 4. The van der Waals surface area contributed by atoms with E-state index >= 15 is 0 Å². The Balaban J connectivity index is 1.97. The second-order valence-corrected chi connectivity index (χ2v) is 5.34. The molecule has 5 N–H and O–H groups in total. The van der Waals surface area contributed by atoms with Crippen molar-refractivity contribution in [2.75, 3.05) is 32.7 Å². The third-order valence-electron chi connectivity index (χ3n) is 3.82. The summed E-state index contributed by atoms with van der Waals surface area (Å²) in [5, 5.41) is 19.7. The predicted molar refractivity (Wildman–Crippen MR) is 81.2 cm³/mol. The van der Waals surface area contributed by atoms with Crippen LogP contribution in [0.5, 0.6) is 0 Å². The maximum absolute atomic E-state index is 11.9. The highest BCUT2D eigenvalue weighted by Crippen LogP contribution is 2.33. The number of anilines is 1. The van der Waals surface area contributed by atoms with Crippen molar-refractivity contribution in [2.24, 2.45) is 0 Å². The average Bonchev–Trinajstić information content (AvgIpc) is 3.09. The Labute approximate surface area is 136 Å². The second-order valence-electron chi connectivity index (χ2n) is 5.34. The van der Waals surface area contributed by atoms with Crippen molar-refractivity contribution >= 4 is 17.1 Å². The normalized spacial score (nSPS) is 27.1. The fourth-order valence-corrected chi connectivity index (χ4v) is 2.67. The van der Waals surface area contributed by atoms with E-state index in [-0.39, 0.29) is 30.3 Å². The van der Waals surface area contributed by atoms with E-state index < -0.39 is 30.1 Å². The molecule has 3 rings (SSSR count). The molecule has 4 atom stereocenters. The number of aliphatic hydroxyl groups excluding tert-OH is 2. The zero-order chi connectivity index (χ0) is 17.3. The predicted octanol–water partition coefficient (Wildman–Crippen LogP) is -2.02. The lowest BCUT2D eigenvalue weighted by Crippen LogP contribution is -2.36. The minimum Gasteiger partial charge on any atom is -0.394 e. The fourth-order valence-electron chi connectivity index (χ4n) is 2.67. The number of hydrogen-bond acceptors (Lipinski definition) is 9. The third kappa shape index (κ3) is 2.87. The van der Waals surface area contributed by atoms with E-state index in [1.807, 2.05) is 0 Å². The summed E-state index contributed by atoms with van der Waals surface area (Å²) in [4.78, 5) is 22.3. The largest absolute Gasteiger partial charge is 0.394 e. The Morgan fingerprint density at radius 3 is 3.00 bits per heavy atom. The number of nitrogen functional groups attached to an aromatic ring is 1. The summed E-state index contributed by atoms with van der Waals surface area (Å²) in [7, 11) is 1.53. The molecule has 24 heavy (non-hydrogen) atoms. The minimum absolute atomic E-state index is 0.0663. The van der Waals surface area contributed by atoms with E-state index in [4.69, 9.17) is 19.9 Å². The smallest absolute Gasteiger partial charge is 0.280 e. The van der Waals surface area contributed by atoms with Crippen molar-refractivity contribution < 1.29 is 24.4 Å². The quantitative estimate of drug-likeness (QED) is 0.435. The van der Waals surface area contributed by atoms with Gasteiger partial charge in [0.15, 0.2) is 17.4 Å². The Hall–Kier alpha value is -2.05. The lowest BCUT2D eigenvalue weighted by molar-refractivity contribution is -0.0785. The van der Waals surface area contributed by atoms with Crippen LogP contribution >= 0.6 is 0 Å². The summed E-state index contributed by atoms with van der Waals surface area (Å²) in [5.74, 6) is -0.0663. The summed E-state index contributed by atoms with van der Waals surface area (Å²) in [6.45, 7) is 0.166. The van der Waals surface area contributed by atoms with Gasteiger partial charge in [-0.1, -0.05) is 0 Å². The molecule has 0 amide bonds. The number of nitrogens with two attached hydrogens (primary N) is 1. The number of aromatic nitrogens is 4. The van der Waals surface area contributed by atoms with Crippen LogP contribution in [-0.4, -0.2) is 75.0 Å². The van der Waals surface area contributed by atoms with Crippen LogP contribution in [0.15, 0.2) is 11.1 Å². The van der Waals surface area contributed by atoms with E-state index in [2.05, 4.69) is 15.0 Å². The Morgan fingerprint density at radius 1 is 1.50 bits per heavy atom. The van der Waals surface area contributed by atoms with Crippen molar-refractivity contribution in [2.45, 2.75) is 24.5 Å². The van der Waals surface area contributed by atoms with Crippen LogP contribution in [0.25, 0.3) is 11.2 Å². The molecular weight excluding hydrogens is 322 g/mol. The topological polar surface area (TPSA) is 158 Å². The molecule has 1 saturated heterocycles. The summed E-state index contributed by atoms with van der Waals surface area (Å²) >= 11 is 0. The van der Waals surface area contributed by atoms with E-state index in [0.717, 1.165) is 0 Å². The highest BCUT2D eigenvalue weighted by Gasteiger charge is 2.45. The first kappa shape index (κ1) is 16.8. The van der Waals surface area contributed by atoms with Gasteiger partial charge >= 0.3 is 0 Å². The number of H-pyrrole nitrogens is 1. The van der Waals surface area contributed by atoms with Gasteiger partial charge in [0.1, 0.15) is 18.3 Å². The molecule has 0 radical (unpaired) electrons. The van der Waals surface area contributed by atoms with Crippen molar-refractivity contribution in [3.05, 3.63) is 16.7 Å². The molecule has 11 nitrogen and oxygen atoms in total. The maximum Gasteiger partial charge on any atom is 0.280 e. The molecule has 0 spiro atoms. The molecule has 3 heterocycles. The molecule has 0 aliphatic carbocycles. The molecule has 0 unspecified atom stereocenters. The zero-order valence-corrected chi connectivity index (χ0v) is 13.0. The number of imidazole rings is 1. The summed E-state index contributed by atoms with van der Waals surface area (Å²) in [6.07, 6.45) is -2.16. The van der Waals surface area contributed by atoms with Crippen LogP contribution < -0.4 is 11.3 Å². The van der Waals surface area contributed by atoms with Crippen LogP contribution in [0.2, 0.25) is 0 Å². The van der Waals surface area contributed by atoms with E-state index in [9.17, 15) is 15.0 Å². The number of aromatic amines is 1. The molecule has 2 aromatic heterocycles. The number of nitrogens with zero attached hydrogens (tertiary/aromatic N) is 3. The van der Waals surface area contributed by atoms with Crippen molar-refractivity contribution in [3.8, 4) is 0 Å². The Bertz CT molecular complexity index is 761. The van der Waals surface area contributed by atoms with Crippen molar-refractivity contribution in [1.29, 1.82) is 0 Å². The van der Waals surface area contributed by atoms with Gasteiger partial charge in [0.25, 0.3) is 5.56 Å². The SMILES string of the molecule is COCCO[C@@H]1[C@@H](O)[C@@H](CO)O[C@@H]1n1cnc2c(=O)[nH]c(N)nc21. The Kier molecular flexibility index (Phi) is 4.78. The minimum atomic E-state index is -1.06. The van der Waals surface area contributed by atoms with E-state index in [1.54, 1.807) is 0 Å². The molecule has 1 fully saturated rings. The number of rotatable bonds is 6. The van der Waals surface area contributed by atoms with Crippen LogP contribution in [0.1, 0.15) is 6.23 Å². The van der Waals surface area contributed by atoms with Gasteiger partial charge in [0, 0.05) is 7.11 Å². The monoisotopic (exact) mass is 341 g/mol. The third-order valence-corrected chi connectivity index (χ3v) is 3.82. The standard InChI is InChI=1S/C13H19N5O6/c1-22-2-3-23-9-8(20)6(4-19)24-12(9)18-5-15-7-10(18)16-13(14)17-11(7)21/h5-6,8-9,12,19-20H,2-4H2,1H3,(H3,14,16,17,21)/t6-,8+,9-,12+/m1/s1. The van der Waals surface area contributed by atoms with Gasteiger partial charge in [-0.25, -0.2) is 4.98 Å². The van der Waals surface area contributed by atoms with Crippen LogP contribution in [0.4, 0.5) is 5.95 Å². The zero-order valence-electron chi connectivity index (χ0n) is 13.0. The van der Waals surface area contributed by atoms with Gasteiger partial charge in [-0.15, -0.1) is 0 Å². The average molecular weight is 341 g/mol. The molecule has 0 aromatic carbocycles. The van der Waals surface area contributed by atoms with Gasteiger partial charge in [0.2, 0.25) is 5.95 Å². The molecule has 2 aromatic rings. The number of methoxy groups -OCH3 is 1. The van der Waals surface area contributed by atoms with Gasteiger partial charge in [-0.3, -0.25) is 14.3 Å². The highest BCUT2D eigenvalue weighted by molar-refractivity contribution is 5.70. The summed E-state index contributed by atoms with van der Waals surface area (Å²) in [5.41, 5.74) is 5.39. The van der Waals surface area contributed by atoms with Crippen LogP contribution in [-0.2, 0) is 14.2 Å². The van der Waals surface area contributed by atoms with E-state index in [0.29, 0.717) is 6.61 Å². The number of aliphatic hydroxyl groups is 2. The number of nitrogens with one attached hydrogen (secondary N) is 1. The highest BCUT2D eigenvalue weighted by atomic mass is 16.6. The van der Waals surface area contributed by atoms with Gasteiger partial charge in [-0.05, 0) is 0 Å². The van der Waals surface area contributed by atoms with Crippen LogP contribution in [0.3, 0.4) is 0 Å².